The van der Waals surface area contributed by atoms with Crippen LogP contribution >= 0.6 is 0 Å². The summed E-state index contributed by atoms with van der Waals surface area (Å²) in [5, 5.41) is 3.16. The van der Waals surface area contributed by atoms with E-state index in [4.69, 9.17) is 0 Å². The number of hydrogen-bond acceptors (Lipinski definition) is 5. The first-order chi connectivity index (χ1) is 9.66. The molecule has 0 saturated carbocycles. The van der Waals surface area contributed by atoms with Gasteiger partial charge in [0.15, 0.2) is 5.78 Å². The Kier molecular flexibility index (Phi) is 4.76. The van der Waals surface area contributed by atoms with Crippen LogP contribution in [0, 0.1) is 6.92 Å². The van der Waals surface area contributed by atoms with E-state index in [9.17, 15) is 4.79 Å². The Hall–Kier alpha value is -2.30. The molecule has 2 heterocycles. The molecule has 5 heteroatoms. The molecule has 0 bridgehead atoms. The number of Topliss-reactive ketones (excluding diaryl/α,β-unsaturated/α-hetero) is 1. The van der Waals surface area contributed by atoms with Crippen LogP contribution in [0.1, 0.15) is 35.1 Å². The fourth-order valence-corrected chi connectivity index (χ4v) is 1.91. The molecule has 0 aromatic carbocycles. The quantitative estimate of drug-likeness (QED) is 0.645. The summed E-state index contributed by atoms with van der Waals surface area (Å²) in [5.74, 6) is 0.553. The zero-order valence-electron chi connectivity index (χ0n) is 11.8. The highest BCUT2D eigenvalue weighted by Crippen LogP contribution is 2.08. The molecule has 2 aromatic heterocycles. The van der Waals surface area contributed by atoms with Gasteiger partial charge in [0.05, 0.1) is 11.3 Å². The van der Waals surface area contributed by atoms with Crippen molar-refractivity contribution in [1.29, 1.82) is 0 Å². The Morgan fingerprint density at radius 1 is 1.30 bits per heavy atom. The first-order valence-electron chi connectivity index (χ1n) is 6.65. The van der Waals surface area contributed by atoms with Crippen molar-refractivity contribution >= 4 is 11.7 Å². The molecule has 1 N–H and O–H groups in total. The van der Waals surface area contributed by atoms with E-state index < -0.39 is 0 Å². The van der Waals surface area contributed by atoms with Crippen molar-refractivity contribution < 1.29 is 4.79 Å². The smallest absolute Gasteiger partial charge is 0.222 e. The Bertz CT molecular complexity index is 584. The molecule has 0 amide bonds. The Morgan fingerprint density at radius 3 is 2.80 bits per heavy atom. The predicted octanol–water partition coefficient (Wildman–Crippen LogP) is 2.43. The van der Waals surface area contributed by atoms with Crippen LogP contribution in [0.15, 0.2) is 30.6 Å². The minimum Gasteiger partial charge on any atom is -0.354 e. The second-order valence-electron chi connectivity index (χ2n) is 4.60. The highest BCUT2D eigenvalue weighted by Gasteiger charge is 2.06. The molecule has 2 rings (SSSR count). The number of rotatable bonds is 6. The van der Waals surface area contributed by atoms with Crippen molar-refractivity contribution in [2.45, 2.75) is 26.7 Å². The normalized spacial score (nSPS) is 10.3. The van der Waals surface area contributed by atoms with E-state index >= 15 is 0 Å². The number of nitrogens with zero attached hydrogens (tertiary/aromatic N) is 3. The summed E-state index contributed by atoms with van der Waals surface area (Å²) in [6.45, 7) is 4.11. The van der Waals surface area contributed by atoms with Crippen LogP contribution in [0.25, 0.3) is 0 Å². The highest BCUT2D eigenvalue weighted by molar-refractivity contribution is 5.94. The van der Waals surface area contributed by atoms with Crippen molar-refractivity contribution in [1.82, 2.24) is 15.0 Å². The van der Waals surface area contributed by atoms with Gasteiger partial charge in [-0.05, 0) is 38.8 Å². The molecule has 0 unspecified atom stereocenters. The second kappa shape index (κ2) is 6.75. The molecule has 0 atom stereocenters. The van der Waals surface area contributed by atoms with Crippen LogP contribution in [0.5, 0.6) is 0 Å². The van der Waals surface area contributed by atoms with Gasteiger partial charge in [-0.15, -0.1) is 0 Å². The lowest BCUT2D eigenvalue weighted by atomic mass is 10.2. The number of carbonyl (C=O) groups excluding carboxylic acids is 1. The van der Waals surface area contributed by atoms with Crippen molar-refractivity contribution in [2.24, 2.45) is 0 Å². The molecule has 5 nitrogen and oxygen atoms in total. The van der Waals surface area contributed by atoms with Gasteiger partial charge >= 0.3 is 0 Å². The maximum absolute atomic E-state index is 11.3. The van der Waals surface area contributed by atoms with E-state index in [1.165, 1.54) is 6.92 Å². The molecule has 0 aliphatic rings. The average Bonchev–Trinajstić information content (AvgIpc) is 2.44. The number of hydrogen-bond donors (Lipinski definition) is 1. The monoisotopic (exact) mass is 270 g/mol. The first-order valence-corrected chi connectivity index (χ1v) is 6.65. The number of nitrogens with one attached hydrogen (secondary N) is 1. The fraction of sp³-hybridized carbons (Fsp3) is 0.333. The SMILES string of the molecule is CC(=O)c1cnc(NCCCc2ccccn2)nc1C. The fourth-order valence-electron chi connectivity index (χ4n) is 1.91. The third-order valence-corrected chi connectivity index (χ3v) is 2.98. The zero-order valence-corrected chi connectivity index (χ0v) is 11.8. The minimum atomic E-state index is -0.01000. The van der Waals surface area contributed by atoms with E-state index in [1.807, 2.05) is 25.1 Å². The molecule has 0 spiro atoms. The summed E-state index contributed by atoms with van der Waals surface area (Å²) >= 11 is 0. The van der Waals surface area contributed by atoms with Gasteiger partial charge in [-0.2, -0.15) is 0 Å². The lowest BCUT2D eigenvalue weighted by Gasteiger charge is -2.07. The summed E-state index contributed by atoms with van der Waals surface area (Å²) in [6, 6.07) is 5.92. The number of aryl methyl sites for hydroxylation is 2. The third-order valence-electron chi connectivity index (χ3n) is 2.98. The van der Waals surface area contributed by atoms with Crippen molar-refractivity contribution in [3.8, 4) is 0 Å². The molecular formula is C15H18N4O. The van der Waals surface area contributed by atoms with Crippen molar-refractivity contribution in [3.63, 3.8) is 0 Å². The van der Waals surface area contributed by atoms with Gasteiger partial charge < -0.3 is 5.32 Å². The summed E-state index contributed by atoms with van der Waals surface area (Å²) in [4.78, 5) is 24.0. The van der Waals surface area contributed by atoms with Gasteiger partial charge in [0.1, 0.15) is 0 Å². The maximum atomic E-state index is 11.3. The van der Waals surface area contributed by atoms with E-state index in [0.717, 1.165) is 25.1 Å². The molecule has 20 heavy (non-hydrogen) atoms. The largest absolute Gasteiger partial charge is 0.354 e. The van der Waals surface area contributed by atoms with Crippen LogP contribution in [0.2, 0.25) is 0 Å². The van der Waals surface area contributed by atoms with Crippen LogP contribution < -0.4 is 5.32 Å². The molecule has 0 aliphatic carbocycles. The van der Waals surface area contributed by atoms with Gasteiger partial charge in [0.25, 0.3) is 0 Å². The van der Waals surface area contributed by atoms with Gasteiger partial charge in [-0.25, -0.2) is 9.97 Å². The lowest BCUT2D eigenvalue weighted by Crippen LogP contribution is -2.09. The maximum Gasteiger partial charge on any atom is 0.222 e. The summed E-state index contributed by atoms with van der Waals surface area (Å²) in [5.41, 5.74) is 2.36. The molecular weight excluding hydrogens is 252 g/mol. The Balaban J connectivity index is 1.83. The van der Waals surface area contributed by atoms with E-state index in [1.54, 1.807) is 12.4 Å². The van der Waals surface area contributed by atoms with Gasteiger partial charge in [-0.3, -0.25) is 9.78 Å². The summed E-state index contributed by atoms with van der Waals surface area (Å²) in [6.07, 6.45) is 5.24. The van der Waals surface area contributed by atoms with Gasteiger partial charge in [-0.1, -0.05) is 6.07 Å². The first kappa shape index (κ1) is 14.1. The molecule has 0 radical (unpaired) electrons. The van der Waals surface area contributed by atoms with Gasteiger partial charge in [0.2, 0.25) is 5.95 Å². The average molecular weight is 270 g/mol. The Morgan fingerprint density at radius 2 is 2.15 bits per heavy atom. The topological polar surface area (TPSA) is 67.8 Å². The predicted molar refractivity (Wildman–Crippen MR) is 77.8 cm³/mol. The highest BCUT2D eigenvalue weighted by atomic mass is 16.1. The third kappa shape index (κ3) is 3.85. The second-order valence-corrected chi connectivity index (χ2v) is 4.60. The number of pyridine rings is 1. The van der Waals surface area contributed by atoms with Crippen LogP contribution in [-0.4, -0.2) is 27.3 Å². The van der Waals surface area contributed by atoms with Crippen LogP contribution in [0.3, 0.4) is 0 Å². The van der Waals surface area contributed by atoms with Crippen molar-refractivity contribution in [3.05, 3.63) is 47.5 Å². The summed E-state index contributed by atoms with van der Waals surface area (Å²) in [7, 11) is 0. The molecule has 2 aromatic rings. The standard InChI is InChI=1S/C15H18N4O/c1-11-14(12(2)20)10-18-15(19-11)17-9-5-7-13-6-3-4-8-16-13/h3-4,6,8,10H,5,7,9H2,1-2H3,(H,17,18,19). The molecule has 0 fully saturated rings. The van der Waals surface area contributed by atoms with E-state index in [2.05, 4.69) is 20.3 Å². The summed E-state index contributed by atoms with van der Waals surface area (Å²) < 4.78 is 0. The Labute approximate surface area is 118 Å². The van der Waals surface area contributed by atoms with E-state index in [0.29, 0.717) is 17.2 Å². The number of anilines is 1. The van der Waals surface area contributed by atoms with Crippen molar-refractivity contribution in [2.75, 3.05) is 11.9 Å². The number of carbonyl (C=O) groups is 1. The van der Waals surface area contributed by atoms with Gasteiger partial charge in [0, 0.05) is 24.6 Å². The zero-order chi connectivity index (χ0) is 14.4. The minimum absolute atomic E-state index is 0.01000. The number of ketones is 1. The molecule has 0 saturated heterocycles. The number of aromatic nitrogens is 3. The van der Waals surface area contributed by atoms with E-state index in [-0.39, 0.29) is 5.78 Å². The van der Waals surface area contributed by atoms with Crippen LogP contribution in [-0.2, 0) is 6.42 Å². The van der Waals surface area contributed by atoms with Crippen LogP contribution in [0.4, 0.5) is 5.95 Å². The lowest BCUT2D eigenvalue weighted by molar-refractivity contribution is 0.101. The molecule has 0 aliphatic heterocycles. The molecule has 104 valence electrons.